The lowest BCUT2D eigenvalue weighted by Crippen LogP contribution is -2.14. The quantitative estimate of drug-likeness (QED) is 0.906. The molecule has 21 heavy (non-hydrogen) atoms. The van der Waals surface area contributed by atoms with Crippen LogP contribution in [0.4, 0.5) is 20.7 Å². The smallest absolute Gasteiger partial charge is 0.228 e. The highest BCUT2D eigenvalue weighted by Crippen LogP contribution is 2.21. The number of anilines is 2. The van der Waals surface area contributed by atoms with Crippen molar-refractivity contribution < 1.29 is 8.78 Å². The Balaban J connectivity index is 2.25. The van der Waals surface area contributed by atoms with Crippen molar-refractivity contribution in [3.05, 3.63) is 41.2 Å². The van der Waals surface area contributed by atoms with Crippen LogP contribution in [0.2, 0.25) is 0 Å². The summed E-state index contributed by atoms with van der Waals surface area (Å²) in [6, 6.07) is 3.00. The number of nitrogens with two attached hydrogens (primary N) is 1. The predicted octanol–water partition coefficient (Wildman–Crippen LogP) is 3.03. The van der Waals surface area contributed by atoms with Gasteiger partial charge in [-0.15, -0.1) is 0 Å². The molecule has 0 fully saturated rings. The Hall–Kier alpha value is -2.31. The number of nitrogens with zero attached hydrogens (tertiary/aromatic N) is 3. The zero-order valence-corrected chi connectivity index (χ0v) is 12.1. The van der Waals surface area contributed by atoms with Crippen LogP contribution in [0.15, 0.2) is 18.2 Å². The first kappa shape index (κ1) is 15.1. The van der Waals surface area contributed by atoms with Gasteiger partial charge in [-0.2, -0.15) is 15.0 Å². The minimum atomic E-state index is -0.624. The average molecular weight is 293 g/mol. The molecule has 0 radical (unpaired) electrons. The minimum Gasteiger partial charge on any atom is -0.368 e. The molecular formula is C14H17F2N5. The molecule has 1 aromatic heterocycles. The zero-order valence-electron chi connectivity index (χ0n) is 12.1. The third-order valence-electron chi connectivity index (χ3n) is 2.96. The standard InChI is InChI=1S/C14H17F2N5/c1-7(2)12-19-13(17)21-14(20-12)18-8(3)10-5-4-9(15)6-11(10)16/h4-8H,1-3H3,(H3,17,18,19,20,21). The molecule has 112 valence electrons. The summed E-state index contributed by atoms with van der Waals surface area (Å²) in [6.07, 6.45) is 0. The summed E-state index contributed by atoms with van der Waals surface area (Å²) in [5.41, 5.74) is 5.96. The molecular weight excluding hydrogens is 276 g/mol. The van der Waals surface area contributed by atoms with Crippen LogP contribution in [0, 0.1) is 11.6 Å². The number of benzene rings is 1. The molecule has 1 unspecified atom stereocenters. The zero-order chi connectivity index (χ0) is 15.6. The van der Waals surface area contributed by atoms with Crippen LogP contribution < -0.4 is 11.1 Å². The van der Waals surface area contributed by atoms with E-state index in [0.717, 1.165) is 6.07 Å². The molecule has 1 aromatic carbocycles. The third kappa shape index (κ3) is 3.62. The summed E-state index contributed by atoms with van der Waals surface area (Å²) >= 11 is 0. The predicted molar refractivity (Wildman–Crippen MR) is 76.7 cm³/mol. The fourth-order valence-electron chi connectivity index (χ4n) is 1.86. The SMILES string of the molecule is CC(C)c1nc(N)nc(NC(C)c2ccc(F)cc2F)n1. The van der Waals surface area contributed by atoms with Gasteiger partial charge < -0.3 is 11.1 Å². The van der Waals surface area contributed by atoms with Gasteiger partial charge in [0, 0.05) is 17.5 Å². The van der Waals surface area contributed by atoms with Gasteiger partial charge >= 0.3 is 0 Å². The molecule has 0 spiro atoms. The van der Waals surface area contributed by atoms with E-state index < -0.39 is 17.7 Å². The topological polar surface area (TPSA) is 76.7 Å². The molecule has 3 N–H and O–H groups in total. The highest BCUT2D eigenvalue weighted by molar-refractivity contribution is 5.36. The number of rotatable bonds is 4. The van der Waals surface area contributed by atoms with Gasteiger partial charge in [0.15, 0.2) is 0 Å². The summed E-state index contributed by atoms with van der Waals surface area (Å²) in [7, 11) is 0. The van der Waals surface area contributed by atoms with Crippen LogP contribution in [0.3, 0.4) is 0 Å². The van der Waals surface area contributed by atoms with Crippen molar-refractivity contribution in [1.82, 2.24) is 15.0 Å². The lowest BCUT2D eigenvalue weighted by atomic mass is 10.1. The van der Waals surface area contributed by atoms with Crippen molar-refractivity contribution in [2.24, 2.45) is 0 Å². The second-order valence-corrected chi connectivity index (χ2v) is 5.06. The molecule has 0 saturated heterocycles. The van der Waals surface area contributed by atoms with E-state index in [1.54, 1.807) is 6.92 Å². The lowest BCUT2D eigenvalue weighted by molar-refractivity contribution is 0.566. The van der Waals surface area contributed by atoms with E-state index in [1.807, 2.05) is 13.8 Å². The Morgan fingerprint density at radius 1 is 1.10 bits per heavy atom. The summed E-state index contributed by atoms with van der Waals surface area (Å²) in [5, 5.41) is 2.95. The normalized spacial score (nSPS) is 12.5. The summed E-state index contributed by atoms with van der Waals surface area (Å²) in [5.74, 6) is -0.230. The number of nitrogen functional groups attached to an aromatic ring is 1. The number of hydrogen-bond donors (Lipinski definition) is 2. The van der Waals surface area contributed by atoms with E-state index in [1.165, 1.54) is 12.1 Å². The average Bonchev–Trinajstić information content (AvgIpc) is 2.37. The molecule has 0 bridgehead atoms. The first-order valence-electron chi connectivity index (χ1n) is 6.59. The number of halogens is 2. The molecule has 0 aliphatic rings. The largest absolute Gasteiger partial charge is 0.368 e. The van der Waals surface area contributed by atoms with Crippen molar-refractivity contribution >= 4 is 11.9 Å². The van der Waals surface area contributed by atoms with E-state index >= 15 is 0 Å². The van der Waals surface area contributed by atoms with Crippen molar-refractivity contribution in [2.45, 2.75) is 32.7 Å². The molecule has 0 saturated carbocycles. The number of nitrogens with one attached hydrogen (secondary N) is 1. The molecule has 0 amide bonds. The van der Waals surface area contributed by atoms with E-state index in [-0.39, 0.29) is 17.8 Å². The van der Waals surface area contributed by atoms with Crippen molar-refractivity contribution in [3.63, 3.8) is 0 Å². The fourth-order valence-corrected chi connectivity index (χ4v) is 1.86. The van der Waals surface area contributed by atoms with E-state index in [9.17, 15) is 8.78 Å². The highest BCUT2D eigenvalue weighted by Gasteiger charge is 2.14. The molecule has 5 nitrogen and oxygen atoms in total. The lowest BCUT2D eigenvalue weighted by Gasteiger charge is -2.16. The van der Waals surface area contributed by atoms with Gasteiger partial charge in [-0.3, -0.25) is 0 Å². The maximum atomic E-state index is 13.7. The Morgan fingerprint density at radius 3 is 2.43 bits per heavy atom. The van der Waals surface area contributed by atoms with Gasteiger partial charge in [-0.1, -0.05) is 19.9 Å². The molecule has 2 rings (SSSR count). The van der Waals surface area contributed by atoms with E-state index in [4.69, 9.17) is 5.73 Å². The minimum absolute atomic E-state index is 0.0914. The monoisotopic (exact) mass is 293 g/mol. The maximum absolute atomic E-state index is 13.7. The Kier molecular flexibility index (Phi) is 4.30. The van der Waals surface area contributed by atoms with Crippen molar-refractivity contribution in [3.8, 4) is 0 Å². The van der Waals surface area contributed by atoms with Gasteiger partial charge in [0.05, 0.1) is 6.04 Å². The second kappa shape index (κ2) is 5.99. The Bertz CT molecular complexity index is 645. The van der Waals surface area contributed by atoms with E-state index in [0.29, 0.717) is 11.4 Å². The van der Waals surface area contributed by atoms with Crippen LogP contribution in [0.1, 0.15) is 44.1 Å². The summed E-state index contributed by atoms with van der Waals surface area (Å²) in [6.45, 7) is 5.59. The van der Waals surface area contributed by atoms with Gasteiger partial charge in [0.1, 0.15) is 17.5 Å². The Labute approximate surface area is 121 Å². The van der Waals surface area contributed by atoms with Gasteiger partial charge in [-0.05, 0) is 13.0 Å². The number of hydrogen-bond acceptors (Lipinski definition) is 5. The van der Waals surface area contributed by atoms with Crippen LogP contribution in [0.5, 0.6) is 0 Å². The molecule has 1 heterocycles. The van der Waals surface area contributed by atoms with Gasteiger partial charge in [0.2, 0.25) is 11.9 Å². The summed E-state index contributed by atoms with van der Waals surface area (Å²) in [4.78, 5) is 12.2. The van der Waals surface area contributed by atoms with Crippen molar-refractivity contribution in [2.75, 3.05) is 11.1 Å². The molecule has 2 aromatic rings. The maximum Gasteiger partial charge on any atom is 0.228 e. The highest BCUT2D eigenvalue weighted by atomic mass is 19.1. The third-order valence-corrected chi connectivity index (χ3v) is 2.96. The first-order chi connectivity index (χ1) is 9.86. The number of aromatic nitrogens is 3. The van der Waals surface area contributed by atoms with Gasteiger partial charge in [-0.25, -0.2) is 8.78 Å². The van der Waals surface area contributed by atoms with Crippen LogP contribution in [-0.4, -0.2) is 15.0 Å². The van der Waals surface area contributed by atoms with Gasteiger partial charge in [0.25, 0.3) is 0 Å². The van der Waals surface area contributed by atoms with E-state index in [2.05, 4.69) is 20.3 Å². The molecule has 0 aliphatic carbocycles. The Morgan fingerprint density at radius 2 is 1.81 bits per heavy atom. The first-order valence-corrected chi connectivity index (χ1v) is 6.59. The van der Waals surface area contributed by atoms with Crippen LogP contribution in [0.25, 0.3) is 0 Å². The van der Waals surface area contributed by atoms with Crippen molar-refractivity contribution in [1.29, 1.82) is 0 Å². The van der Waals surface area contributed by atoms with Crippen LogP contribution in [-0.2, 0) is 0 Å². The molecule has 1 atom stereocenters. The summed E-state index contributed by atoms with van der Waals surface area (Å²) < 4.78 is 26.7. The molecule has 0 aliphatic heterocycles. The second-order valence-electron chi connectivity index (χ2n) is 5.06. The molecule has 7 heteroatoms. The fraction of sp³-hybridized carbons (Fsp3) is 0.357. The van der Waals surface area contributed by atoms with Crippen LogP contribution >= 0.6 is 0 Å².